The van der Waals surface area contributed by atoms with Gasteiger partial charge < -0.3 is 11.1 Å². The Bertz CT molecular complexity index is 366. The Balaban J connectivity index is 3.00. The van der Waals surface area contributed by atoms with E-state index in [1.807, 2.05) is 0 Å². The number of amides is 1. The number of rotatable bonds is 2. The van der Waals surface area contributed by atoms with Crippen LogP contribution in [0.5, 0.6) is 0 Å². The van der Waals surface area contributed by atoms with Crippen molar-refractivity contribution in [3.05, 3.63) is 23.8 Å². The Kier molecular flexibility index (Phi) is 3.01. The van der Waals surface area contributed by atoms with Crippen LogP contribution in [0.1, 0.15) is 13.3 Å². The number of nitrogen functional groups attached to an aromatic ring is 1. The molecule has 0 aliphatic carbocycles. The number of carbonyl (C=O) groups is 1. The summed E-state index contributed by atoms with van der Waals surface area (Å²) < 4.78 is 25.5. The monoisotopic (exact) mass is 200 g/mol. The maximum Gasteiger partial charge on any atom is 0.224 e. The van der Waals surface area contributed by atoms with E-state index in [4.69, 9.17) is 5.73 Å². The smallest absolute Gasteiger partial charge is 0.224 e. The van der Waals surface area contributed by atoms with Crippen LogP contribution >= 0.6 is 0 Å². The number of anilines is 2. The lowest BCUT2D eigenvalue weighted by Gasteiger charge is -2.07. The molecule has 1 aromatic carbocycles. The van der Waals surface area contributed by atoms with Crippen LogP contribution in [0.3, 0.4) is 0 Å². The maximum atomic E-state index is 12.9. The second kappa shape index (κ2) is 4.04. The van der Waals surface area contributed by atoms with E-state index in [9.17, 15) is 13.6 Å². The Morgan fingerprint density at radius 1 is 1.50 bits per heavy atom. The molecule has 14 heavy (non-hydrogen) atoms. The van der Waals surface area contributed by atoms with E-state index in [1.54, 1.807) is 6.92 Å². The summed E-state index contributed by atoms with van der Waals surface area (Å²) >= 11 is 0. The van der Waals surface area contributed by atoms with Crippen molar-refractivity contribution >= 4 is 17.3 Å². The minimum absolute atomic E-state index is 0.0933. The molecule has 0 atom stereocenters. The van der Waals surface area contributed by atoms with Crippen molar-refractivity contribution in [2.24, 2.45) is 0 Å². The van der Waals surface area contributed by atoms with Crippen molar-refractivity contribution in [3.63, 3.8) is 0 Å². The summed E-state index contributed by atoms with van der Waals surface area (Å²) in [4.78, 5) is 10.9. The van der Waals surface area contributed by atoms with Crippen LogP contribution in [0.25, 0.3) is 0 Å². The van der Waals surface area contributed by atoms with Crippen LogP contribution in [0.4, 0.5) is 20.2 Å². The fourth-order valence-corrected chi connectivity index (χ4v) is 0.914. The highest BCUT2D eigenvalue weighted by molar-refractivity contribution is 5.93. The van der Waals surface area contributed by atoms with Crippen molar-refractivity contribution in [2.75, 3.05) is 11.1 Å². The molecular weight excluding hydrogens is 190 g/mol. The average molecular weight is 200 g/mol. The van der Waals surface area contributed by atoms with Crippen molar-refractivity contribution in [3.8, 4) is 0 Å². The van der Waals surface area contributed by atoms with Crippen LogP contribution in [-0.2, 0) is 4.79 Å². The van der Waals surface area contributed by atoms with E-state index < -0.39 is 11.6 Å². The van der Waals surface area contributed by atoms with Gasteiger partial charge in [-0.2, -0.15) is 0 Å². The molecule has 0 bridgehead atoms. The topological polar surface area (TPSA) is 55.1 Å². The number of carbonyl (C=O) groups excluding carboxylic acids is 1. The molecule has 1 aromatic rings. The number of nitrogens with two attached hydrogens (primary N) is 1. The molecule has 0 aliphatic heterocycles. The van der Waals surface area contributed by atoms with Gasteiger partial charge in [-0.1, -0.05) is 6.92 Å². The van der Waals surface area contributed by atoms with Gasteiger partial charge in [-0.3, -0.25) is 4.79 Å². The van der Waals surface area contributed by atoms with Gasteiger partial charge in [0.05, 0.1) is 11.4 Å². The zero-order valence-corrected chi connectivity index (χ0v) is 7.60. The number of hydrogen-bond donors (Lipinski definition) is 2. The molecule has 0 radical (unpaired) electrons. The maximum absolute atomic E-state index is 12.9. The Morgan fingerprint density at radius 2 is 2.14 bits per heavy atom. The number of halogens is 2. The van der Waals surface area contributed by atoms with Gasteiger partial charge >= 0.3 is 0 Å². The number of nitrogens with one attached hydrogen (secondary N) is 1. The summed E-state index contributed by atoms with van der Waals surface area (Å²) in [5, 5.41) is 2.36. The standard InChI is InChI=1S/C9H10F2N2O/c1-2-7(14)13-6-4-3-5(10)8(11)9(6)12/h3-4H,2,12H2,1H3,(H,13,14). The second-order valence-corrected chi connectivity index (χ2v) is 2.72. The van der Waals surface area contributed by atoms with Gasteiger partial charge in [0.25, 0.3) is 0 Å². The van der Waals surface area contributed by atoms with E-state index in [0.29, 0.717) is 0 Å². The highest BCUT2D eigenvalue weighted by Crippen LogP contribution is 2.23. The molecule has 1 amide bonds. The van der Waals surface area contributed by atoms with Crippen LogP contribution < -0.4 is 11.1 Å². The molecule has 0 fully saturated rings. The molecule has 0 saturated heterocycles. The summed E-state index contributed by atoms with van der Waals surface area (Å²) in [6.45, 7) is 1.64. The third-order valence-electron chi connectivity index (χ3n) is 1.73. The van der Waals surface area contributed by atoms with Crippen LogP contribution in [0.15, 0.2) is 12.1 Å². The van der Waals surface area contributed by atoms with Gasteiger partial charge in [0.1, 0.15) is 0 Å². The minimum atomic E-state index is -1.14. The van der Waals surface area contributed by atoms with Gasteiger partial charge in [0.2, 0.25) is 5.91 Å². The number of hydrogen-bond acceptors (Lipinski definition) is 2. The molecule has 0 aromatic heterocycles. The summed E-state index contributed by atoms with van der Waals surface area (Å²) in [5.74, 6) is -2.47. The minimum Gasteiger partial charge on any atom is -0.395 e. The first kappa shape index (κ1) is 10.4. The first-order valence-electron chi connectivity index (χ1n) is 4.09. The molecule has 76 valence electrons. The molecule has 5 heteroatoms. The van der Waals surface area contributed by atoms with Crippen LogP contribution in [-0.4, -0.2) is 5.91 Å². The SMILES string of the molecule is CCC(=O)Nc1ccc(F)c(F)c1N. The molecule has 0 unspecified atom stereocenters. The molecule has 0 heterocycles. The zero-order valence-electron chi connectivity index (χ0n) is 7.60. The first-order chi connectivity index (χ1) is 6.56. The molecule has 1 rings (SSSR count). The van der Waals surface area contributed by atoms with Crippen molar-refractivity contribution in [2.45, 2.75) is 13.3 Å². The Hall–Kier alpha value is -1.65. The molecule has 3 N–H and O–H groups in total. The highest BCUT2D eigenvalue weighted by atomic mass is 19.2. The average Bonchev–Trinajstić information content (AvgIpc) is 2.19. The lowest BCUT2D eigenvalue weighted by Crippen LogP contribution is -2.12. The summed E-state index contributed by atoms with van der Waals surface area (Å²) in [7, 11) is 0. The van der Waals surface area contributed by atoms with Gasteiger partial charge in [-0.25, -0.2) is 8.78 Å². The fourth-order valence-electron chi connectivity index (χ4n) is 0.914. The predicted molar refractivity (Wildman–Crippen MR) is 49.7 cm³/mol. The predicted octanol–water partition coefficient (Wildman–Crippen LogP) is 1.90. The van der Waals surface area contributed by atoms with E-state index >= 15 is 0 Å². The van der Waals surface area contributed by atoms with Gasteiger partial charge in [0.15, 0.2) is 11.6 Å². The Labute approximate surface area is 79.9 Å². The number of benzene rings is 1. The first-order valence-corrected chi connectivity index (χ1v) is 4.09. The fraction of sp³-hybridized carbons (Fsp3) is 0.222. The van der Waals surface area contributed by atoms with Crippen molar-refractivity contribution < 1.29 is 13.6 Å². The molecular formula is C9H10F2N2O. The van der Waals surface area contributed by atoms with E-state index in [-0.39, 0.29) is 23.7 Å². The highest BCUT2D eigenvalue weighted by Gasteiger charge is 2.11. The third kappa shape index (κ3) is 1.99. The van der Waals surface area contributed by atoms with Crippen molar-refractivity contribution in [1.29, 1.82) is 0 Å². The largest absolute Gasteiger partial charge is 0.395 e. The van der Waals surface area contributed by atoms with Crippen LogP contribution in [0, 0.1) is 11.6 Å². The summed E-state index contributed by atoms with van der Waals surface area (Å²) in [6, 6.07) is 2.14. The molecule has 0 spiro atoms. The van der Waals surface area contributed by atoms with E-state index in [1.165, 1.54) is 6.07 Å². The third-order valence-corrected chi connectivity index (χ3v) is 1.73. The lowest BCUT2D eigenvalue weighted by molar-refractivity contribution is -0.115. The van der Waals surface area contributed by atoms with Gasteiger partial charge in [-0.05, 0) is 12.1 Å². The molecule has 0 saturated carbocycles. The lowest BCUT2D eigenvalue weighted by atomic mass is 10.2. The quantitative estimate of drug-likeness (QED) is 0.716. The van der Waals surface area contributed by atoms with Gasteiger partial charge in [-0.15, -0.1) is 0 Å². The molecule has 0 aliphatic rings. The van der Waals surface area contributed by atoms with Gasteiger partial charge in [0, 0.05) is 6.42 Å². The summed E-state index contributed by atoms with van der Waals surface area (Å²) in [5.41, 5.74) is 4.97. The van der Waals surface area contributed by atoms with E-state index in [0.717, 1.165) is 6.07 Å². The van der Waals surface area contributed by atoms with Crippen LogP contribution in [0.2, 0.25) is 0 Å². The zero-order chi connectivity index (χ0) is 10.7. The molecule has 3 nitrogen and oxygen atoms in total. The van der Waals surface area contributed by atoms with Crippen molar-refractivity contribution in [1.82, 2.24) is 0 Å². The second-order valence-electron chi connectivity index (χ2n) is 2.72. The summed E-state index contributed by atoms with van der Waals surface area (Å²) in [6.07, 6.45) is 0.248. The Morgan fingerprint density at radius 3 is 2.71 bits per heavy atom. The van der Waals surface area contributed by atoms with E-state index in [2.05, 4.69) is 5.32 Å². The normalized spacial score (nSPS) is 9.93.